The van der Waals surface area contributed by atoms with Crippen molar-refractivity contribution in [1.29, 1.82) is 0 Å². The lowest BCUT2D eigenvalue weighted by Crippen LogP contribution is -2.49. The van der Waals surface area contributed by atoms with Crippen LogP contribution < -0.4 is 11.1 Å². The van der Waals surface area contributed by atoms with E-state index in [1.165, 1.54) is 38.5 Å². The molecule has 19 heavy (non-hydrogen) atoms. The Morgan fingerprint density at radius 3 is 2.32 bits per heavy atom. The lowest BCUT2D eigenvalue weighted by Gasteiger charge is -2.57. The average Bonchev–Trinajstić information content (AvgIpc) is 2.35. The van der Waals surface area contributed by atoms with Gasteiger partial charge in [-0.3, -0.25) is 0 Å². The second-order valence-electron chi connectivity index (χ2n) is 7.22. The predicted molar refractivity (Wildman–Crippen MR) is 77.7 cm³/mol. The molecule has 3 N–H and O–H groups in total. The summed E-state index contributed by atoms with van der Waals surface area (Å²) in [5.74, 6) is 4.59. The van der Waals surface area contributed by atoms with Gasteiger partial charge in [0.2, 0.25) is 0 Å². The van der Waals surface area contributed by atoms with Gasteiger partial charge in [0, 0.05) is 6.54 Å². The maximum absolute atomic E-state index is 5.74. The first-order valence-corrected chi connectivity index (χ1v) is 7.67. The van der Waals surface area contributed by atoms with Crippen molar-refractivity contribution in [2.45, 2.75) is 38.5 Å². The molecule has 0 radical (unpaired) electrons. The Bertz CT molecular complexity index is 447. The molecule has 0 saturated heterocycles. The van der Waals surface area contributed by atoms with E-state index in [-0.39, 0.29) is 0 Å². The summed E-state index contributed by atoms with van der Waals surface area (Å²) < 4.78 is 0. The van der Waals surface area contributed by atoms with Crippen molar-refractivity contribution in [1.82, 2.24) is 4.98 Å². The number of nitrogens with two attached hydrogens (primary N) is 1. The van der Waals surface area contributed by atoms with Crippen molar-refractivity contribution in [3.05, 3.63) is 18.2 Å². The van der Waals surface area contributed by atoms with E-state index in [2.05, 4.69) is 10.3 Å². The van der Waals surface area contributed by atoms with Gasteiger partial charge in [-0.15, -0.1) is 0 Å². The average molecular weight is 257 g/mol. The van der Waals surface area contributed by atoms with E-state index < -0.39 is 0 Å². The molecular formula is C16H23N3. The van der Waals surface area contributed by atoms with Crippen LogP contribution in [0.2, 0.25) is 0 Å². The van der Waals surface area contributed by atoms with Crippen LogP contribution in [0.4, 0.5) is 11.6 Å². The summed E-state index contributed by atoms with van der Waals surface area (Å²) in [4.78, 5) is 4.36. The second-order valence-corrected chi connectivity index (χ2v) is 7.22. The molecule has 4 saturated carbocycles. The molecule has 1 aromatic heterocycles. The summed E-state index contributed by atoms with van der Waals surface area (Å²) >= 11 is 0. The molecule has 1 aromatic rings. The number of nitrogens with zero attached hydrogens (tertiary/aromatic N) is 1. The highest BCUT2D eigenvalue weighted by molar-refractivity contribution is 5.42. The lowest BCUT2D eigenvalue weighted by atomic mass is 9.49. The molecule has 4 bridgehead atoms. The fourth-order valence-electron chi connectivity index (χ4n) is 5.33. The van der Waals surface area contributed by atoms with Gasteiger partial charge >= 0.3 is 0 Å². The zero-order chi connectivity index (χ0) is 12.9. The minimum absolute atomic E-state index is 0.557. The number of pyridine rings is 1. The van der Waals surface area contributed by atoms with Crippen molar-refractivity contribution in [3.63, 3.8) is 0 Å². The Morgan fingerprint density at radius 2 is 1.74 bits per heavy atom. The third kappa shape index (κ3) is 2.09. The van der Waals surface area contributed by atoms with Crippen molar-refractivity contribution in [3.8, 4) is 0 Å². The van der Waals surface area contributed by atoms with Gasteiger partial charge in [0.15, 0.2) is 0 Å². The molecule has 4 aliphatic rings. The number of anilines is 2. The maximum Gasteiger partial charge on any atom is 0.128 e. The smallest absolute Gasteiger partial charge is 0.128 e. The molecule has 5 rings (SSSR count). The van der Waals surface area contributed by atoms with Gasteiger partial charge in [-0.1, -0.05) is 6.07 Å². The maximum atomic E-state index is 5.74. The molecule has 0 spiro atoms. The molecule has 0 aromatic carbocycles. The number of hydrogen-bond acceptors (Lipinski definition) is 3. The monoisotopic (exact) mass is 257 g/mol. The van der Waals surface area contributed by atoms with Crippen LogP contribution in [0.1, 0.15) is 38.5 Å². The summed E-state index contributed by atoms with van der Waals surface area (Å²) in [6.07, 6.45) is 8.85. The van der Waals surface area contributed by atoms with Gasteiger partial charge in [-0.05, 0) is 73.8 Å². The van der Waals surface area contributed by atoms with Gasteiger partial charge in [0.25, 0.3) is 0 Å². The van der Waals surface area contributed by atoms with Gasteiger partial charge in [0.1, 0.15) is 11.6 Å². The number of aromatic nitrogens is 1. The summed E-state index contributed by atoms with van der Waals surface area (Å²) in [5, 5.41) is 3.55. The third-order valence-corrected chi connectivity index (χ3v) is 5.58. The summed E-state index contributed by atoms with van der Waals surface area (Å²) in [5.41, 5.74) is 6.30. The van der Waals surface area contributed by atoms with Crippen molar-refractivity contribution >= 4 is 11.6 Å². The normalized spacial score (nSPS) is 39.5. The predicted octanol–water partition coefficient (Wildman–Crippen LogP) is 3.29. The SMILES string of the molecule is Nc1cccc(NCC23CC4CC(CC(C4)C2)C3)n1. The molecule has 0 aliphatic heterocycles. The van der Waals surface area contributed by atoms with Crippen LogP contribution >= 0.6 is 0 Å². The van der Waals surface area contributed by atoms with Crippen LogP contribution in [-0.2, 0) is 0 Å². The minimum Gasteiger partial charge on any atom is -0.384 e. The van der Waals surface area contributed by atoms with Gasteiger partial charge < -0.3 is 11.1 Å². The van der Waals surface area contributed by atoms with Gasteiger partial charge in [-0.2, -0.15) is 0 Å². The Balaban J connectivity index is 1.48. The Labute approximate surface area is 115 Å². The summed E-state index contributed by atoms with van der Waals surface area (Å²) in [7, 11) is 0. The summed E-state index contributed by atoms with van der Waals surface area (Å²) in [6, 6.07) is 5.84. The van der Waals surface area contributed by atoms with E-state index in [4.69, 9.17) is 5.73 Å². The van der Waals surface area contributed by atoms with E-state index in [0.29, 0.717) is 11.2 Å². The number of nitrogens with one attached hydrogen (secondary N) is 1. The Morgan fingerprint density at radius 1 is 1.11 bits per heavy atom. The second kappa shape index (κ2) is 4.12. The van der Waals surface area contributed by atoms with E-state index >= 15 is 0 Å². The first kappa shape index (κ1) is 11.6. The zero-order valence-electron chi connectivity index (χ0n) is 11.4. The van der Waals surface area contributed by atoms with Crippen LogP contribution in [0.5, 0.6) is 0 Å². The van der Waals surface area contributed by atoms with E-state index in [9.17, 15) is 0 Å². The molecular weight excluding hydrogens is 234 g/mol. The molecule has 1 heterocycles. The van der Waals surface area contributed by atoms with Crippen LogP contribution in [0.25, 0.3) is 0 Å². The highest BCUT2D eigenvalue weighted by Gasteiger charge is 2.50. The van der Waals surface area contributed by atoms with Gasteiger partial charge in [0.05, 0.1) is 0 Å². The molecule has 0 atom stereocenters. The van der Waals surface area contributed by atoms with Crippen LogP contribution in [0.15, 0.2) is 18.2 Å². The quantitative estimate of drug-likeness (QED) is 0.873. The Hall–Kier alpha value is -1.25. The van der Waals surface area contributed by atoms with Crippen molar-refractivity contribution < 1.29 is 0 Å². The minimum atomic E-state index is 0.557. The first-order valence-electron chi connectivity index (χ1n) is 7.67. The largest absolute Gasteiger partial charge is 0.384 e. The van der Waals surface area contributed by atoms with E-state index in [0.717, 1.165) is 30.1 Å². The number of rotatable bonds is 3. The molecule has 3 heteroatoms. The molecule has 4 fully saturated rings. The topological polar surface area (TPSA) is 50.9 Å². The highest BCUT2D eigenvalue weighted by Crippen LogP contribution is 2.59. The zero-order valence-corrected chi connectivity index (χ0v) is 11.4. The van der Waals surface area contributed by atoms with Gasteiger partial charge in [-0.25, -0.2) is 4.98 Å². The summed E-state index contributed by atoms with van der Waals surface area (Å²) in [6.45, 7) is 1.09. The van der Waals surface area contributed by atoms with Crippen molar-refractivity contribution in [2.24, 2.45) is 23.2 Å². The first-order chi connectivity index (χ1) is 9.21. The number of nitrogen functional groups attached to an aromatic ring is 1. The van der Waals surface area contributed by atoms with Crippen LogP contribution in [0, 0.1) is 23.2 Å². The standard InChI is InChI=1S/C16H23N3/c17-14-2-1-3-15(19-14)18-10-16-7-11-4-12(8-16)6-13(5-11)9-16/h1-3,11-13H,4-10H2,(H3,17,18,19). The van der Waals surface area contributed by atoms with Crippen molar-refractivity contribution in [2.75, 3.05) is 17.6 Å². The molecule has 0 amide bonds. The van der Waals surface area contributed by atoms with Crippen LogP contribution in [-0.4, -0.2) is 11.5 Å². The molecule has 4 aliphatic carbocycles. The molecule has 0 unspecified atom stereocenters. The van der Waals surface area contributed by atoms with E-state index in [1.807, 2.05) is 18.2 Å². The number of hydrogen-bond donors (Lipinski definition) is 2. The van der Waals surface area contributed by atoms with Crippen LogP contribution in [0.3, 0.4) is 0 Å². The molecule has 3 nitrogen and oxygen atoms in total. The third-order valence-electron chi connectivity index (χ3n) is 5.58. The highest BCUT2D eigenvalue weighted by atomic mass is 15.0. The molecule has 102 valence electrons. The fraction of sp³-hybridized carbons (Fsp3) is 0.688. The lowest BCUT2D eigenvalue weighted by molar-refractivity contribution is -0.0444. The Kier molecular flexibility index (Phi) is 2.51. The fourth-order valence-corrected chi connectivity index (χ4v) is 5.33. The van der Waals surface area contributed by atoms with E-state index in [1.54, 1.807) is 0 Å².